The van der Waals surface area contributed by atoms with Crippen LogP contribution in [-0.4, -0.2) is 33.9 Å². The molecule has 1 saturated heterocycles. The van der Waals surface area contributed by atoms with Gasteiger partial charge < -0.3 is 15.7 Å². The van der Waals surface area contributed by atoms with Crippen molar-refractivity contribution in [1.82, 2.24) is 9.55 Å². The van der Waals surface area contributed by atoms with E-state index in [9.17, 15) is 14.7 Å². The third-order valence-corrected chi connectivity index (χ3v) is 3.12. The summed E-state index contributed by atoms with van der Waals surface area (Å²) in [6.07, 6.45) is 0.878. The third-order valence-electron chi connectivity index (χ3n) is 3.12. The van der Waals surface area contributed by atoms with Crippen molar-refractivity contribution in [1.29, 1.82) is 0 Å². The molecule has 0 aliphatic carbocycles. The van der Waals surface area contributed by atoms with Crippen LogP contribution >= 0.6 is 0 Å². The van der Waals surface area contributed by atoms with Gasteiger partial charge in [0.2, 0.25) is 0 Å². The Morgan fingerprint density at radius 2 is 1.94 bits per heavy atom. The second-order valence-electron chi connectivity index (χ2n) is 4.27. The molecule has 4 N–H and O–H groups in total. The van der Waals surface area contributed by atoms with Gasteiger partial charge in [0.25, 0.3) is 5.56 Å². The molecule has 1 fully saturated rings. The first-order valence-electron chi connectivity index (χ1n) is 5.52. The lowest BCUT2D eigenvalue weighted by atomic mass is 10.1. The van der Waals surface area contributed by atoms with Crippen LogP contribution in [0.2, 0.25) is 0 Å². The van der Waals surface area contributed by atoms with Crippen molar-refractivity contribution in [3.63, 3.8) is 0 Å². The van der Waals surface area contributed by atoms with Gasteiger partial charge in [0.05, 0.1) is 6.10 Å². The fraction of sp³-hybridized carbons (Fsp3) is 0.600. The molecule has 1 aliphatic rings. The number of nitrogens with zero attached hydrogens (tertiary/aromatic N) is 2. The number of nitrogens with two attached hydrogens (primary N) is 1. The Morgan fingerprint density at radius 3 is 2.53 bits per heavy atom. The standard InChI is InChI=1S/C10H16N4O3/c1-13-8(11)7(9(16)12-10(13)17)14-4-2-6(15)3-5-14/h6,15H,2-5,11H2,1H3,(H,12,16,17). The van der Waals surface area contributed by atoms with E-state index in [1.165, 1.54) is 11.6 Å². The number of aromatic amines is 1. The van der Waals surface area contributed by atoms with Crippen LogP contribution in [0, 0.1) is 0 Å². The molecular weight excluding hydrogens is 224 g/mol. The predicted octanol–water partition coefficient (Wildman–Crippen LogP) is -1.38. The maximum Gasteiger partial charge on any atom is 0.329 e. The molecule has 0 bridgehead atoms. The molecule has 1 aromatic rings. The zero-order chi connectivity index (χ0) is 12.6. The Bertz CT molecular complexity index is 525. The van der Waals surface area contributed by atoms with E-state index < -0.39 is 11.2 Å². The summed E-state index contributed by atoms with van der Waals surface area (Å²) in [5.74, 6) is 0.162. The minimum absolute atomic E-state index is 0.162. The van der Waals surface area contributed by atoms with Gasteiger partial charge in [0.1, 0.15) is 11.5 Å². The SMILES string of the molecule is Cn1c(N)c(N2CCC(O)CC2)c(=O)[nH]c1=O. The van der Waals surface area contributed by atoms with Gasteiger partial charge in [-0.25, -0.2) is 4.79 Å². The maximum absolute atomic E-state index is 11.7. The van der Waals surface area contributed by atoms with Crippen molar-refractivity contribution >= 4 is 11.5 Å². The van der Waals surface area contributed by atoms with E-state index in [4.69, 9.17) is 5.73 Å². The number of hydrogen-bond donors (Lipinski definition) is 3. The third kappa shape index (κ3) is 2.05. The quantitative estimate of drug-likeness (QED) is 0.561. The number of rotatable bonds is 1. The number of aromatic nitrogens is 2. The van der Waals surface area contributed by atoms with Crippen LogP contribution in [0.3, 0.4) is 0 Å². The van der Waals surface area contributed by atoms with Crippen LogP contribution < -0.4 is 21.9 Å². The first kappa shape index (κ1) is 11.7. The van der Waals surface area contributed by atoms with Gasteiger partial charge in [-0.15, -0.1) is 0 Å². The van der Waals surface area contributed by atoms with Crippen molar-refractivity contribution < 1.29 is 5.11 Å². The molecule has 0 radical (unpaired) electrons. The zero-order valence-electron chi connectivity index (χ0n) is 9.64. The van der Waals surface area contributed by atoms with Crippen molar-refractivity contribution in [3.05, 3.63) is 20.8 Å². The molecule has 1 aliphatic heterocycles. The van der Waals surface area contributed by atoms with Crippen LogP contribution in [0.4, 0.5) is 11.5 Å². The van der Waals surface area contributed by atoms with E-state index in [2.05, 4.69) is 4.98 Å². The van der Waals surface area contributed by atoms with Crippen LogP contribution in [0.15, 0.2) is 9.59 Å². The first-order valence-corrected chi connectivity index (χ1v) is 5.52. The molecule has 94 valence electrons. The van der Waals surface area contributed by atoms with Crippen molar-refractivity contribution in [2.75, 3.05) is 23.7 Å². The van der Waals surface area contributed by atoms with Gasteiger partial charge in [0, 0.05) is 20.1 Å². The highest BCUT2D eigenvalue weighted by Crippen LogP contribution is 2.20. The van der Waals surface area contributed by atoms with Gasteiger partial charge in [-0.05, 0) is 12.8 Å². The average Bonchev–Trinajstić information content (AvgIpc) is 2.29. The number of nitrogen functional groups attached to an aromatic ring is 1. The monoisotopic (exact) mass is 240 g/mol. The Hall–Kier alpha value is -1.76. The number of H-pyrrole nitrogens is 1. The lowest BCUT2D eigenvalue weighted by Crippen LogP contribution is -2.42. The average molecular weight is 240 g/mol. The van der Waals surface area contributed by atoms with Crippen molar-refractivity contribution in [3.8, 4) is 0 Å². The number of aliphatic hydroxyl groups excluding tert-OH is 1. The topological polar surface area (TPSA) is 104 Å². The molecule has 7 nitrogen and oxygen atoms in total. The summed E-state index contributed by atoms with van der Waals surface area (Å²) in [4.78, 5) is 27.1. The second kappa shape index (κ2) is 4.25. The van der Waals surface area contributed by atoms with E-state index in [-0.39, 0.29) is 11.9 Å². The lowest BCUT2D eigenvalue weighted by molar-refractivity contribution is 0.145. The molecule has 0 saturated carbocycles. The molecule has 2 heterocycles. The number of nitrogens with one attached hydrogen (secondary N) is 1. The minimum Gasteiger partial charge on any atom is -0.393 e. The molecule has 7 heteroatoms. The number of aliphatic hydroxyl groups is 1. The number of hydrogen-bond acceptors (Lipinski definition) is 5. The van der Waals surface area contributed by atoms with Crippen LogP contribution in [0.25, 0.3) is 0 Å². The van der Waals surface area contributed by atoms with Crippen LogP contribution in [0.1, 0.15) is 12.8 Å². The van der Waals surface area contributed by atoms with E-state index in [0.29, 0.717) is 31.6 Å². The van der Waals surface area contributed by atoms with Gasteiger partial charge in [-0.1, -0.05) is 0 Å². The van der Waals surface area contributed by atoms with Gasteiger partial charge >= 0.3 is 5.69 Å². The van der Waals surface area contributed by atoms with Gasteiger partial charge in [-0.3, -0.25) is 14.3 Å². The Balaban J connectivity index is 2.42. The Kier molecular flexibility index (Phi) is 2.93. The summed E-state index contributed by atoms with van der Waals surface area (Å²) in [6, 6.07) is 0. The number of piperidine rings is 1. The molecule has 0 unspecified atom stereocenters. The van der Waals surface area contributed by atoms with E-state index in [1.807, 2.05) is 0 Å². The predicted molar refractivity (Wildman–Crippen MR) is 64.2 cm³/mol. The zero-order valence-corrected chi connectivity index (χ0v) is 9.64. The lowest BCUT2D eigenvalue weighted by Gasteiger charge is -2.31. The fourth-order valence-corrected chi connectivity index (χ4v) is 2.02. The molecule has 2 rings (SSSR count). The van der Waals surface area contributed by atoms with Crippen LogP contribution in [0.5, 0.6) is 0 Å². The van der Waals surface area contributed by atoms with Crippen molar-refractivity contribution in [2.24, 2.45) is 7.05 Å². The second-order valence-corrected chi connectivity index (χ2v) is 4.27. The Labute approximate surface area is 97.5 Å². The molecule has 0 spiro atoms. The molecule has 0 aromatic carbocycles. The largest absolute Gasteiger partial charge is 0.393 e. The summed E-state index contributed by atoms with van der Waals surface area (Å²) in [5, 5.41) is 9.41. The smallest absolute Gasteiger partial charge is 0.329 e. The Morgan fingerprint density at radius 1 is 1.35 bits per heavy atom. The highest BCUT2D eigenvalue weighted by atomic mass is 16.3. The summed E-state index contributed by atoms with van der Waals surface area (Å²) in [5.41, 5.74) is 5.12. The van der Waals surface area contributed by atoms with E-state index in [0.717, 1.165) is 0 Å². The van der Waals surface area contributed by atoms with E-state index >= 15 is 0 Å². The maximum atomic E-state index is 11.7. The normalized spacial score (nSPS) is 17.4. The van der Waals surface area contributed by atoms with Gasteiger partial charge in [0.15, 0.2) is 0 Å². The van der Waals surface area contributed by atoms with E-state index in [1.54, 1.807) is 4.90 Å². The summed E-state index contributed by atoms with van der Waals surface area (Å²) in [7, 11) is 1.51. The summed E-state index contributed by atoms with van der Waals surface area (Å²) < 4.78 is 1.21. The molecule has 0 atom stereocenters. The summed E-state index contributed by atoms with van der Waals surface area (Å²) >= 11 is 0. The highest BCUT2D eigenvalue weighted by Gasteiger charge is 2.22. The highest BCUT2D eigenvalue weighted by molar-refractivity contribution is 5.62. The fourth-order valence-electron chi connectivity index (χ4n) is 2.02. The molecule has 1 aromatic heterocycles. The van der Waals surface area contributed by atoms with Crippen LogP contribution in [-0.2, 0) is 7.05 Å². The molecule has 17 heavy (non-hydrogen) atoms. The van der Waals surface area contributed by atoms with Crippen molar-refractivity contribution in [2.45, 2.75) is 18.9 Å². The first-order chi connectivity index (χ1) is 8.00. The molecule has 0 amide bonds. The minimum atomic E-state index is -0.520. The molecular formula is C10H16N4O3. The summed E-state index contributed by atoms with van der Waals surface area (Å²) in [6.45, 7) is 1.12. The van der Waals surface area contributed by atoms with Gasteiger partial charge in [-0.2, -0.15) is 0 Å². The number of anilines is 2.